The summed E-state index contributed by atoms with van der Waals surface area (Å²) in [7, 11) is 0. The molecule has 1 saturated carbocycles. The first-order valence-electron chi connectivity index (χ1n) is 5.07. The standard InChI is InChI=1S/C11H10N2O3/c14-10(15)13-11(5-6-11)9-12-7-3-1-2-4-8(7)16-9/h1-4,13H,5-6H2,(H,14,15). The monoisotopic (exact) mass is 218 g/mol. The molecule has 0 atom stereocenters. The zero-order valence-electron chi connectivity index (χ0n) is 8.43. The normalized spacial score (nSPS) is 17.2. The van der Waals surface area contributed by atoms with Crippen molar-refractivity contribution < 1.29 is 14.3 Å². The van der Waals surface area contributed by atoms with Gasteiger partial charge in [0, 0.05) is 0 Å². The molecule has 0 bridgehead atoms. The Morgan fingerprint density at radius 1 is 1.44 bits per heavy atom. The Labute approximate surface area is 91.1 Å². The van der Waals surface area contributed by atoms with Crippen LogP contribution in [0.15, 0.2) is 28.7 Å². The fourth-order valence-electron chi connectivity index (χ4n) is 1.80. The van der Waals surface area contributed by atoms with E-state index in [9.17, 15) is 4.79 Å². The van der Waals surface area contributed by atoms with Crippen molar-refractivity contribution in [2.75, 3.05) is 0 Å². The molecule has 1 aliphatic rings. The smallest absolute Gasteiger partial charge is 0.405 e. The molecule has 0 aliphatic heterocycles. The number of carbonyl (C=O) groups is 1. The first kappa shape index (κ1) is 9.21. The number of nitrogens with one attached hydrogen (secondary N) is 1. The Morgan fingerprint density at radius 3 is 2.81 bits per heavy atom. The quantitative estimate of drug-likeness (QED) is 0.809. The largest absolute Gasteiger partial charge is 0.465 e. The SMILES string of the molecule is O=C(O)NC1(c2nc3ccccc3o2)CC1. The van der Waals surface area contributed by atoms with E-state index in [4.69, 9.17) is 9.52 Å². The second-order valence-corrected chi connectivity index (χ2v) is 4.00. The van der Waals surface area contributed by atoms with Crippen LogP contribution in [0.2, 0.25) is 0 Å². The van der Waals surface area contributed by atoms with E-state index in [-0.39, 0.29) is 0 Å². The van der Waals surface area contributed by atoms with Crippen molar-refractivity contribution in [3.8, 4) is 0 Å². The maximum Gasteiger partial charge on any atom is 0.405 e. The third kappa shape index (κ3) is 1.32. The van der Waals surface area contributed by atoms with Crippen LogP contribution in [0.3, 0.4) is 0 Å². The van der Waals surface area contributed by atoms with Gasteiger partial charge in [0.15, 0.2) is 5.58 Å². The molecule has 1 aromatic carbocycles. The lowest BCUT2D eigenvalue weighted by molar-refractivity contribution is 0.185. The van der Waals surface area contributed by atoms with Gasteiger partial charge in [-0.1, -0.05) is 12.1 Å². The van der Waals surface area contributed by atoms with Crippen LogP contribution in [-0.2, 0) is 5.54 Å². The van der Waals surface area contributed by atoms with Crippen molar-refractivity contribution in [3.63, 3.8) is 0 Å². The van der Waals surface area contributed by atoms with Gasteiger partial charge < -0.3 is 14.8 Å². The van der Waals surface area contributed by atoms with Gasteiger partial charge in [-0.25, -0.2) is 9.78 Å². The Morgan fingerprint density at radius 2 is 2.19 bits per heavy atom. The van der Waals surface area contributed by atoms with Gasteiger partial charge >= 0.3 is 6.09 Å². The molecule has 2 aromatic rings. The minimum atomic E-state index is -1.04. The van der Waals surface area contributed by atoms with Crippen LogP contribution in [0.5, 0.6) is 0 Å². The Hall–Kier alpha value is -2.04. The van der Waals surface area contributed by atoms with Gasteiger partial charge in [-0.3, -0.25) is 0 Å². The van der Waals surface area contributed by atoms with E-state index in [0.717, 1.165) is 18.4 Å². The number of hydrogen-bond donors (Lipinski definition) is 2. The highest BCUT2D eigenvalue weighted by Gasteiger charge is 2.50. The van der Waals surface area contributed by atoms with Crippen LogP contribution in [0.1, 0.15) is 18.7 Å². The van der Waals surface area contributed by atoms with Crippen molar-refractivity contribution in [1.29, 1.82) is 0 Å². The predicted octanol–water partition coefficient (Wildman–Crippen LogP) is 2.08. The number of amides is 1. The van der Waals surface area contributed by atoms with Crippen molar-refractivity contribution in [3.05, 3.63) is 30.2 Å². The molecule has 1 aliphatic carbocycles. The maximum absolute atomic E-state index is 10.7. The topological polar surface area (TPSA) is 75.4 Å². The molecule has 1 amide bonds. The molecule has 16 heavy (non-hydrogen) atoms. The van der Waals surface area contributed by atoms with E-state index in [1.807, 2.05) is 24.3 Å². The summed E-state index contributed by atoms with van der Waals surface area (Å²) < 4.78 is 5.56. The molecule has 82 valence electrons. The lowest BCUT2D eigenvalue weighted by Crippen LogP contribution is -2.33. The lowest BCUT2D eigenvalue weighted by Gasteiger charge is -2.09. The van der Waals surface area contributed by atoms with E-state index < -0.39 is 11.6 Å². The molecule has 3 rings (SSSR count). The number of aromatic nitrogens is 1. The summed E-state index contributed by atoms with van der Waals surface area (Å²) in [6, 6.07) is 7.40. The number of hydrogen-bond acceptors (Lipinski definition) is 3. The van der Waals surface area contributed by atoms with Gasteiger partial charge in [0.2, 0.25) is 5.89 Å². The minimum Gasteiger partial charge on any atom is -0.465 e. The number of carboxylic acid groups (broad SMARTS) is 1. The van der Waals surface area contributed by atoms with Crippen molar-refractivity contribution >= 4 is 17.2 Å². The van der Waals surface area contributed by atoms with E-state index >= 15 is 0 Å². The molecule has 1 fully saturated rings. The van der Waals surface area contributed by atoms with Gasteiger partial charge in [0.1, 0.15) is 11.1 Å². The summed E-state index contributed by atoms with van der Waals surface area (Å²) in [5.41, 5.74) is 0.858. The fraction of sp³-hybridized carbons (Fsp3) is 0.273. The Balaban J connectivity index is 2.03. The van der Waals surface area contributed by atoms with E-state index in [2.05, 4.69) is 10.3 Å². The average molecular weight is 218 g/mol. The van der Waals surface area contributed by atoms with Crippen molar-refractivity contribution in [2.45, 2.75) is 18.4 Å². The van der Waals surface area contributed by atoms with Gasteiger partial charge in [0.25, 0.3) is 0 Å². The summed E-state index contributed by atoms with van der Waals surface area (Å²) >= 11 is 0. The molecular weight excluding hydrogens is 208 g/mol. The molecular formula is C11H10N2O3. The van der Waals surface area contributed by atoms with Gasteiger partial charge in [0.05, 0.1) is 0 Å². The molecule has 5 heteroatoms. The highest BCUT2D eigenvalue weighted by molar-refractivity contribution is 5.73. The Kier molecular flexibility index (Phi) is 1.71. The van der Waals surface area contributed by atoms with Crippen molar-refractivity contribution in [1.82, 2.24) is 10.3 Å². The first-order valence-corrected chi connectivity index (χ1v) is 5.07. The van der Waals surface area contributed by atoms with Crippen LogP contribution in [0, 0.1) is 0 Å². The molecule has 1 aromatic heterocycles. The highest BCUT2D eigenvalue weighted by Crippen LogP contribution is 2.45. The van der Waals surface area contributed by atoms with Crippen molar-refractivity contribution in [2.24, 2.45) is 0 Å². The zero-order valence-corrected chi connectivity index (χ0v) is 8.43. The predicted molar refractivity (Wildman–Crippen MR) is 56.1 cm³/mol. The third-order valence-electron chi connectivity index (χ3n) is 2.80. The molecule has 0 radical (unpaired) electrons. The Bertz CT molecular complexity index is 524. The first-order chi connectivity index (χ1) is 7.70. The fourth-order valence-corrected chi connectivity index (χ4v) is 1.80. The second-order valence-electron chi connectivity index (χ2n) is 4.00. The van der Waals surface area contributed by atoms with E-state index in [1.54, 1.807) is 0 Å². The van der Waals surface area contributed by atoms with E-state index in [1.165, 1.54) is 0 Å². The molecule has 0 unspecified atom stereocenters. The van der Waals surface area contributed by atoms with Crippen LogP contribution in [-0.4, -0.2) is 16.2 Å². The number of fused-ring (bicyclic) bond motifs is 1. The molecule has 0 saturated heterocycles. The molecule has 2 N–H and O–H groups in total. The van der Waals surface area contributed by atoms with Gasteiger partial charge in [-0.2, -0.15) is 0 Å². The van der Waals surface area contributed by atoms with Gasteiger partial charge in [-0.15, -0.1) is 0 Å². The number of oxazole rings is 1. The number of rotatable bonds is 2. The number of nitrogens with zero attached hydrogens (tertiary/aromatic N) is 1. The number of benzene rings is 1. The van der Waals surface area contributed by atoms with Crippen LogP contribution in [0.25, 0.3) is 11.1 Å². The van der Waals surface area contributed by atoms with Crippen LogP contribution >= 0.6 is 0 Å². The summed E-state index contributed by atoms with van der Waals surface area (Å²) in [5.74, 6) is 0.469. The maximum atomic E-state index is 10.7. The summed E-state index contributed by atoms with van der Waals surface area (Å²) in [6.07, 6.45) is 0.442. The highest BCUT2D eigenvalue weighted by atomic mass is 16.4. The summed E-state index contributed by atoms with van der Waals surface area (Å²) in [4.78, 5) is 15.0. The average Bonchev–Trinajstić information content (AvgIpc) is 2.89. The van der Waals surface area contributed by atoms with E-state index in [0.29, 0.717) is 11.5 Å². The summed E-state index contributed by atoms with van der Waals surface area (Å²) in [6.45, 7) is 0. The third-order valence-corrected chi connectivity index (χ3v) is 2.80. The lowest BCUT2D eigenvalue weighted by atomic mass is 10.3. The molecule has 1 heterocycles. The van der Waals surface area contributed by atoms with Crippen LogP contribution in [0.4, 0.5) is 4.79 Å². The second kappa shape index (κ2) is 2.98. The van der Waals surface area contributed by atoms with Crippen LogP contribution < -0.4 is 5.32 Å². The summed E-state index contributed by atoms with van der Waals surface area (Å²) in [5, 5.41) is 11.2. The minimum absolute atomic E-state index is 0.469. The molecule has 0 spiro atoms. The number of para-hydroxylation sites is 2. The zero-order chi connectivity index (χ0) is 11.2. The molecule has 5 nitrogen and oxygen atoms in total. The van der Waals surface area contributed by atoms with Gasteiger partial charge in [-0.05, 0) is 25.0 Å².